The topological polar surface area (TPSA) is 95.9 Å². The molecule has 1 amide bonds. The lowest BCUT2D eigenvalue weighted by Crippen LogP contribution is -2.45. The molecule has 2 atom stereocenters. The number of rotatable bonds is 70. The van der Waals surface area contributed by atoms with E-state index < -0.39 is 12.1 Å². The molecule has 2 unspecified atom stereocenters. The summed E-state index contributed by atoms with van der Waals surface area (Å²) in [4.78, 5) is 24.7. The molecule has 0 aromatic heterocycles. The van der Waals surface area contributed by atoms with E-state index in [1.165, 1.54) is 360 Å². The number of carbonyl (C=O) groups is 2. The standard InChI is InChI=1S/C73H145NO5/c1-3-5-7-9-11-13-15-17-19-21-23-24-25-26-27-28-30-33-37-41-45-49-53-57-61-65-71(76)70(69-75)74-72(77)66-62-58-54-50-46-42-38-34-31-29-32-36-40-44-48-52-56-60-64-68-79-73(78)67-63-59-55-51-47-43-39-35-22-20-18-16-14-12-10-8-6-4-2/h70-71,75-76H,3-69H2,1-2H3,(H,74,77). The Labute approximate surface area is 496 Å². The predicted octanol–water partition coefficient (Wildman–Crippen LogP) is 23.8. The zero-order chi connectivity index (χ0) is 57.1. The summed E-state index contributed by atoms with van der Waals surface area (Å²) in [7, 11) is 0. The molecule has 0 aliphatic heterocycles. The molecule has 0 aromatic carbocycles. The van der Waals surface area contributed by atoms with Gasteiger partial charge in [-0.3, -0.25) is 9.59 Å². The van der Waals surface area contributed by atoms with Crippen LogP contribution in [-0.2, 0) is 14.3 Å². The van der Waals surface area contributed by atoms with Gasteiger partial charge in [-0.15, -0.1) is 0 Å². The second-order valence-electron chi connectivity index (χ2n) is 25.6. The summed E-state index contributed by atoms with van der Waals surface area (Å²) in [6.45, 7) is 5.01. The quantitative estimate of drug-likeness (QED) is 0.0417. The van der Waals surface area contributed by atoms with Crippen LogP contribution in [0.1, 0.15) is 431 Å². The van der Waals surface area contributed by atoms with E-state index in [9.17, 15) is 19.8 Å². The maximum atomic E-state index is 12.6. The molecule has 0 rings (SSSR count). The van der Waals surface area contributed by atoms with Gasteiger partial charge in [0, 0.05) is 12.8 Å². The van der Waals surface area contributed by atoms with E-state index in [1.807, 2.05) is 0 Å². The van der Waals surface area contributed by atoms with Gasteiger partial charge in [0.15, 0.2) is 0 Å². The van der Waals surface area contributed by atoms with Crippen molar-refractivity contribution in [3.05, 3.63) is 0 Å². The smallest absolute Gasteiger partial charge is 0.305 e. The van der Waals surface area contributed by atoms with Crippen LogP contribution in [0.15, 0.2) is 0 Å². The van der Waals surface area contributed by atoms with Crippen LogP contribution >= 0.6 is 0 Å². The Morgan fingerprint density at radius 2 is 0.519 bits per heavy atom. The molecule has 0 bridgehead atoms. The number of nitrogens with one attached hydrogen (secondary N) is 1. The Hall–Kier alpha value is -1.14. The fraction of sp³-hybridized carbons (Fsp3) is 0.973. The maximum absolute atomic E-state index is 12.6. The fourth-order valence-corrected chi connectivity index (χ4v) is 12.1. The van der Waals surface area contributed by atoms with Crippen molar-refractivity contribution in [3.8, 4) is 0 Å². The molecule has 0 saturated heterocycles. The average Bonchev–Trinajstić information content (AvgIpc) is 3.45. The molecule has 0 aliphatic rings. The predicted molar refractivity (Wildman–Crippen MR) is 347 cm³/mol. The third-order valence-corrected chi connectivity index (χ3v) is 17.7. The Morgan fingerprint density at radius 1 is 0.304 bits per heavy atom. The molecule has 0 aliphatic carbocycles. The van der Waals surface area contributed by atoms with Gasteiger partial charge in [-0.05, 0) is 25.7 Å². The van der Waals surface area contributed by atoms with Crippen LogP contribution in [0, 0.1) is 0 Å². The third kappa shape index (κ3) is 65.9. The molecule has 0 spiro atoms. The Balaban J connectivity index is 3.37. The first-order chi connectivity index (χ1) is 39.0. The van der Waals surface area contributed by atoms with Gasteiger partial charge in [-0.2, -0.15) is 0 Å². The van der Waals surface area contributed by atoms with Crippen LogP contribution < -0.4 is 5.32 Å². The minimum absolute atomic E-state index is 0.0154. The lowest BCUT2D eigenvalue weighted by Gasteiger charge is -2.22. The van der Waals surface area contributed by atoms with Gasteiger partial charge in [0.2, 0.25) is 5.91 Å². The molecule has 0 radical (unpaired) electrons. The number of aliphatic hydroxyl groups excluding tert-OH is 2. The van der Waals surface area contributed by atoms with Crippen molar-refractivity contribution < 1.29 is 24.5 Å². The van der Waals surface area contributed by atoms with Crippen molar-refractivity contribution in [1.82, 2.24) is 5.32 Å². The van der Waals surface area contributed by atoms with Gasteiger partial charge < -0.3 is 20.3 Å². The molecule has 0 fully saturated rings. The number of esters is 1. The first-order valence-corrected chi connectivity index (χ1v) is 36.8. The van der Waals surface area contributed by atoms with E-state index in [0.717, 1.165) is 38.5 Å². The van der Waals surface area contributed by atoms with Crippen LogP contribution in [-0.4, -0.2) is 47.4 Å². The molecule has 0 aromatic rings. The van der Waals surface area contributed by atoms with E-state index in [1.54, 1.807) is 0 Å². The lowest BCUT2D eigenvalue weighted by molar-refractivity contribution is -0.143. The molecule has 0 heterocycles. The second-order valence-corrected chi connectivity index (χ2v) is 25.6. The highest BCUT2D eigenvalue weighted by Crippen LogP contribution is 2.20. The number of unbranched alkanes of at least 4 members (excludes halogenated alkanes) is 59. The summed E-state index contributed by atoms with van der Waals surface area (Å²) in [6.07, 6.45) is 84.4. The number of hydrogen-bond acceptors (Lipinski definition) is 5. The summed E-state index contributed by atoms with van der Waals surface area (Å²) in [5.41, 5.74) is 0. The van der Waals surface area contributed by atoms with Gasteiger partial charge in [0.05, 0.1) is 25.4 Å². The van der Waals surface area contributed by atoms with E-state index in [2.05, 4.69) is 19.2 Å². The van der Waals surface area contributed by atoms with E-state index >= 15 is 0 Å². The third-order valence-electron chi connectivity index (χ3n) is 17.7. The van der Waals surface area contributed by atoms with Gasteiger partial charge in [-0.25, -0.2) is 0 Å². The summed E-state index contributed by atoms with van der Waals surface area (Å²) in [5.74, 6) is -0.0160. The fourth-order valence-electron chi connectivity index (χ4n) is 12.1. The molecule has 0 saturated carbocycles. The first kappa shape index (κ1) is 77.9. The molecule has 79 heavy (non-hydrogen) atoms. The van der Waals surface area contributed by atoms with Crippen LogP contribution in [0.4, 0.5) is 0 Å². The zero-order valence-electron chi connectivity index (χ0n) is 54.2. The Bertz CT molecular complexity index is 1150. The number of amides is 1. The van der Waals surface area contributed by atoms with E-state index in [0.29, 0.717) is 25.9 Å². The number of ether oxygens (including phenoxy) is 1. The average molecular weight is 1120 g/mol. The maximum Gasteiger partial charge on any atom is 0.305 e. The monoisotopic (exact) mass is 1120 g/mol. The summed E-state index contributed by atoms with van der Waals surface area (Å²) >= 11 is 0. The first-order valence-electron chi connectivity index (χ1n) is 36.8. The van der Waals surface area contributed by atoms with Crippen molar-refractivity contribution in [1.29, 1.82) is 0 Å². The van der Waals surface area contributed by atoms with Gasteiger partial charge in [0.25, 0.3) is 0 Å². The largest absolute Gasteiger partial charge is 0.466 e. The normalized spacial score (nSPS) is 12.4. The molecular weight excluding hydrogens is 971 g/mol. The molecule has 3 N–H and O–H groups in total. The Kier molecular flexibility index (Phi) is 68.4. The van der Waals surface area contributed by atoms with Gasteiger partial charge >= 0.3 is 5.97 Å². The summed E-state index contributed by atoms with van der Waals surface area (Å²) in [5, 5.41) is 23.5. The number of aliphatic hydroxyl groups is 2. The second kappa shape index (κ2) is 69.4. The van der Waals surface area contributed by atoms with Crippen molar-refractivity contribution >= 4 is 11.9 Å². The molecular formula is C73H145NO5. The Morgan fingerprint density at radius 3 is 0.772 bits per heavy atom. The summed E-state index contributed by atoms with van der Waals surface area (Å²) < 4.78 is 5.51. The zero-order valence-corrected chi connectivity index (χ0v) is 54.2. The van der Waals surface area contributed by atoms with Crippen LogP contribution in [0.2, 0.25) is 0 Å². The highest BCUT2D eigenvalue weighted by molar-refractivity contribution is 5.76. The van der Waals surface area contributed by atoms with Crippen LogP contribution in [0.5, 0.6) is 0 Å². The minimum atomic E-state index is -0.667. The van der Waals surface area contributed by atoms with Crippen molar-refractivity contribution in [2.45, 2.75) is 443 Å². The van der Waals surface area contributed by atoms with Crippen molar-refractivity contribution in [2.75, 3.05) is 13.2 Å². The molecule has 472 valence electrons. The minimum Gasteiger partial charge on any atom is -0.466 e. The highest BCUT2D eigenvalue weighted by atomic mass is 16.5. The highest BCUT2D eigenvalue weighted by Gasteiger charge is 2.20. The van der Waals surface area contributed by atoms with E-state index in [4.69, 9.17) is 4.74 Å². The lowest BCUT2D eigenvalue weighted by atomic mass is 10.0. The van der Waals surface area contributed by atoms with Crippen LogP contribution in [0.25, 0.3) is 0 Å². The SMILES string of the molecule is CCCCCCCCCCCCCCCCCCCCCCCCCCCC(O)C(CO)NC(=O)CCCCCCCCCCCCCCCCCCCCCOC(=O)CCCCCCCCCCCCCCCCCCCC. The van der Waals surface area contributed by atoms with Crippen molar-refractivity contribution in [3.63, 3.8) is 0 Å². The van der Waals surface area contributed by atoms with E-state index in [-0.39, 0.29) is 18.5 Å². The molecule has 6 nitrogen and oxygen atoms in total. The number of carbonyl (C=O) groups excluding carboxylic acids is 2. The van der Waals surface area contributed by atoms with Crippen molar-refractivity contribution in [2.24, 2.45) is 0 Å². The van der Waals surface area contributed by atoms with Crippen LogP contribution in [0.3, 0.4) is 0 Å². The summed E-state index contributed by atoms with van der Waals surface area (Å²) in [6, 6.07) is -0.544. The number of hydrogen-bond donors (Lipinski definition) is 3. The van der Waals surface area contributed by atoms with Gasteiger partial charge in [0.1, 0.15) is 0 Å². The molecule has 6 heteroatoms. The van der Waals surface area contributed by atoms with Gasteiger partial charge in [-0.1, -0.05) is 393 Å².